The van der Waals surface area contributed by atoms with Crippen LogP contribution in [0, 0.1) is 0 Å². The van der Waals surface area contributed by atoms with Gasteiger partial charge in [-0.2, -0.15) is 22.8 Å². The minimum Gasteiger partial charge on any atom is -0.305 e. The number of fused-ring (bicyclic) bond motifs is 1. The van der Waals surface area contributed by atoms with E-state index >= 15 is 0 Å². The van der Waals surface area contributed by atoms with Crippen LogP contribution in [-0.2, 0) is 6.18 Å². The number of carbonyl (C=O) groups is 1. The summed E-state index contributed by atoms with van der Waals surface area (Å²) in [6.45, 7) is 0. The summed E-state index contributed by atoms with van der Waals surface area (Å²) in [7, 11) is 0. The van der Waals surface area contributed by atoms with Crippen molar-refractivity contribution >= 4 is 17.4 Å². The third-order valence-electron chi connectivity index (χ3n) is 3.90. The van der Waals surface area contributed by atoms with Crippen molar-refractivity contribution in [3.05, 3.63) is 72.4 Å². The first-order valence-electron chi connectivity index (χ1n) is 8.01. The number of hydrogen-bond donors (Lipinski definition) is 1. The van der Waals surface area contributed by atoms with Crippen LogP contribution in [0.2, 0.25) is 0 Å². The second-order valence-electron chi connectivity index (χ2n) is 5.76. The van der Waals surface area contributed by atoms with E-state index in [4.69, 9.17) is 0 Å². The Labute approximate surface area is 155 Å². The van der Waals surface area contributed by atoms with Crippen LogP contribution in [0.4, 0.5) is 19.0 Å². The molecule has 0 radical (unpaired) electrons. The molecule has 1 N–H and O–H groups in total. The molecule has 3 aromatic heterocycles. The van der Waals surface area contributed by atoms with Crippen LogP contribution in [0.5, 0.6) is 0 Å². The standard InChI is InChI=1S/C18H11F3N6O/c19-18(20,21)12-3-1-2-11(8-12)14-9-16-23-7-5-15(27(16)26-14)25-17(28)13-4-6-22-10-24-13/h1-10H,(H,25,28). The van der Waals surface area contributed by atoms with Gasteiger partial charge in [0.2, 0.25) is 0 Å². The zero-order valence-electron chi connectivity index (χ0n) is 14.1. The van der Waals surface area contributed by atoms with E-state index in [1.54, 1.807) is 0 Å². The van der Waals surface area contributed by atoms with Gasteiger partial charge in [0.05, 0.1) is 11.3 Å². The molecular formula is C18H11F3N6O. The molecule has 3 heterocycles. The lowest BCUT2D eigenvalue weighted by Gasteiger charge is -2.07. The number of nitrogens with zero attached hydrogens (tertiary/aromatic N) is 5. The molecule has 7 nitrogen and oxygen atoms in total. The van der Waals surface area contributed by atoms with Crippen molar-refractivity contribution in [3.8, 4) is 11.3 Å². The number of nitrogens with one attached hydrogen (secondary N) is 1. The Kier molecular flexibility index (Phi) is 4.22. The highest BCUT2D eigenvalue weighted by molar-refractivity contribution is 6.02. The van der Waals surface area contributed by atoms with E-state index in [0.717, 1.165) is 12.1 Å². The highest BCUT2D eigenvalue weighted by Crippen LogP contribution is 2.32. The highest BCUT2D eigenvalue weighted by Gasteiger charge is 2.30. The number of hydrogen-bond acceptors (Lipinski definition) is 5. The van der Waals surface area contributed by atoms with Crippen LogP contribution in [-0.4, -0.2) is 30.5 Å². The first-order valence-corrected chi connectivity index (χ1v) is 8.01. The first-order chi connectivity index (χ1) is 13.4. The van der Waals surface area contributed by atoms with Crippen LogP contribution in [0.25, 0.3) is 16.9 Å². The smallest absolute Gasteiger partial charge is 0.305 e. The van der Waals surface area contributed by atoms with Gasteiger partial charge in [0.15, 0.2) is 5.65 Å². The van der Waals surface area contributed by atoms with Gasteiger partial charge in [-0.05, 0) is 24.3 Å². The minimum atomic E-state index is -4.45. The van der Waals surface area contributed by atoms with Crippen LogP contribution >= 0.6 is 0 Å². The molecule has 0 fully saturated rings. The van der Waals surface area contributed by atoms with Gasteiger partial charge in [0.25, 0.3) is 5.91 Å². The predicted octanol–water partition coefficient (Wildman–Crippen LogP) is 3.46. The van der Waals surface area contributed by atoms with Crippen molar-refractivity contribution in [1.29, 1.82) is 0 Å². The highest BCUT2D eigenvalue weighted by atomic mass is 19.4. The van der Waals surface area contributed by atoms with Gasteiger partial charge >= 0.3 is 6.18 Å². The van der Waals surface area contributed by atoms with Gasteiger partial charge in [0.1, 0.15) is 17.8 Å². The molecule has 0 atom stereocenters. The maximum Gasteiger partial charge on any atom is 0.416 e. The third-order valence-corrected chi connectivity index (χ3v) is 3.90. The van der Waals surface area contributed by atoms with Crippen molar-refractivity contribution in [2.45, 2.75) is 6.18 Å². The Morgan fingerprint density at radius 1 is 1.04 bits per heavy atom. The average molecular weight is 384 g/mol. The number of alkyl halides is 3. The van der Waals surface area contributed by atoms with E-state index in [0.29, 0.717) is 17.2 Å². The summed E-state index contributed by atoms with van der Waals surface area (Å²) in [5.41, 5.74) is 0.334. The van der Waals surface area contributed by atoms with Crippen LogP contribution in [0.1, 0.15) is 16.1 Å². The Bertz CT molecular complexity index is 1160. The normalized spacial score (nSPS) is 11.5. The van der Waals surface area contributed by atoms with E-state index in [-0.39, 0.29) is 11.3 Å². The SMILES string of the molecule is O=C(Nc1ccnc2cc(-c3cccc(C(F)(F)F)c3)nn12)c1ccncn1. The van der Waals surface area contributed by atoms with Crippen molar-refractivity contribution in [2.24, 2.45) is 0 Å². The fourth-order valence-corrected chi connectivity index (χ4v) is 2.59. The topological polar surface area (TPSA) is 85.1 Å². The molecule has 0 spiro atoms. The van der Waals surface area contributed by atoms with Crippen molar-refractivity contribution in [1.82, 2.24) is 24.6 Å². The summed E-state index contributed by atoms with van der Waals surface area (Å²) in [5.74, 6) is -0.183. The Balaban J connectivity index is 1.71. The number of carbonyl (C=O) groups excluding carboxylic acids is 1. The summed E-state index contributed by atoms with van der Waals surface area (Å²) in [4.78, 5) is 24.1. The van der Waals surface area contributed by atoms with E-state index in [2.05, 4.69) is 25.4 Å². The summed E-state index contributed by atoms with van der Waals surface area (Å²) < 4.78 is 40.2. The number of rotatable bonds is 3. The number of amides is 1. The predicted molar refractivity (Wildman–Crippen MR) is 93.4 cm³/mol. The van der Waals surface area contributed by atoms with E-state index in [1.165, 1.54) is 53.6 Å². The lowest BCUT2D eigenvalue weighted by atomic mass is 10.1. The van der Waals surface area contributed by atoms with Crippen molar-refractivity contribution in [3.63, 3.8) is 0 Å². The molecule has 10 heteroatoms. The molecule has 0 bridgehead atoms. The molecule has 0 unspecified atom stereocenters. The summed E-state index contributed by atoms with van der Waals surface area (Å²) in [5, 5.41) is 6.95. The fraction of sp³-hybridized carbons (Fsp3) is 0.0556. The fourth-order valence-electron chi connectivity index (χ4n) is 2.59. The summed E-state index contributed by atoms with van der Waals surface area (Å²) in [6.07, 6.45) is -0.312. The van der Waals surface area contributed by atoms with Crippen molar-refractivity contribution < 1.29 is 18.0 Å². The second kappa shape index (κ2) is 6.72. The maximum atomic E-state index is 13.0. The summed E-state index contributed by atoms with van der Waals surface area (Å²) in [6, 6.07) is 9.35. The third kappa shape index (κ3) is 3.39. The molecular weight excluding hydrogens is 373 g/mol. The Hall–Kier alpha value is -3.82. The average Bonchev–Trinajstić information content (AvgIpc) is 3.13. The molecule has 0 aliphatic rings. The lowest BCUT2D eigenvalue weighted by molar-refractivity contribution is -0.137. The molecule has 0 saturated heterocycles. The largest absolute Gasteiger partial charge is 0.416 e. The number of halogens is 3. The molecule has 0 saturated carbocycles. The monoisotopic (exact) mass is 384 g/mol. The van der Waals surface area contributed by atoms with Gasteiger partial charge < -0.3 is 5.32 Å². The van der Waals surface area contributed by atoms with Gasteiger partial charge in [-0.15, -0.1) is 0 Å². The summed E-state index contributed by atoms with van der Waals surface area (Å²) >= 11 is 0. The van der Waals surface area contributed by atoms with Crippen molar-refractivity contribution in [2.75, 3.05) is 5.32 Å². The second-order valence-corrected chi connectivity index (χ2v) is 5.76. The number of benzene rings is 1. The molecule has 1 amide bonds. The zero-order valence-corrected chi connectivity index (χ0v) is 14.1. The van der Waals surface area contributed by atoms with Crippen LogP contribution in [0.3, 0.4) is 0 Å². The molecule has 4 rings (SSSR count). The Morgan fingerprint density at radius 2 is 1.89 bits per heavy atom. The quantitative estimate of drug-likeness (QED) is 0.585. The van der Waals surface area contributed by atoms with E-state index < -0.39 is 17.6 Å². The molecule has 0 aliphatic carbocycles. The molecule has 4 aromatic rings. The van der Waals surface area contributed by atoms with Gasteiger partial charge in [-0.3, -0.25) is 4.79 Å². The van der Waals surface area contributed by atoms with E-state index in [9.17, 15) is 18.0 Å². The van der Waals surface area contributed by atoms with Crippen LogP contribution in [0.15, 0.2) is 61.2 Å². The zero-order chi connectivity index (χ0) is 19.7. The van der Waals surface area contributed by atoms with Gasteiger partial charge in [-0.1, -0.05) is 12.1 Å². The molecule has 140 valence electrons. The number of anilines is 1. The number of aromatic nitrogens is 5. The van der Waals surface area contributed by atoms with Gasteiger partial charge in [-0.25, -0.2) is 15.0 Å². The van der Waals surface area contributed by atoms with Crippen LogP contribution < -0.4 is 5.32 Å². The minimum absolute atomic E-state index is 0.158. The lowest BCUT2D eigenvalue weighted by Crippen LogP contribution is -2.16. The molecule has 1 aromatic carbocycles. The van der Waals surface area contributed by atoms with E-state index in [1.807, 2.05) is 0 Å². The first kappa shape index (κ1) is 17.6. The maximum absolute atomic E-state index is 13.0. The molecule has 28 heavy (non-hydrogen) atoms. The Morgan fingerprint density at radius 3 is 2.64 bits per heavy atom. The molecule has 0 aliphatic heterocycles. The van der Waals surface area contributed by atoms with Gasteiger partial charge in [0, 0.05) is 24.0 Å².